The Morgan fingerprint density at radius 2 is 1.91 bits per heavy atom. The van der Waals surface area contributed by atoms with E-state index >= 15 is 0 Å². The molecular weight excluding hydrogens is 308 g/mol. The lowest BCUT2D eigenvalue weighted by molar-refractivity contribution is 0.304. The fraction of sp³-hybridized carbons (Fsp3) is 0.529. The summed E-state index contributed by atoms with van der Waals surface area (Å²) in [6.07, 6.45) is 7.40. The van der Waals surface area contributed by atoms with E-state index < -0.39 is 0 Å². The molecule has 0 saturated carbocycles. The van der Waals surface area contributed by atoms with Gasteiger partial charge in [-0.1, -0.05) is 39.0 Å². The van der Waals surface area contributed by atoms with Gasteiger partial charge in [-0.2, -0.15) is 5.10 Å². The molecule has 0 radical (unpaired) electrons. The van der Waals surface area contributed by atoms with Crippen LogP contribution in [0.5, 0.6) is 5.75 Å². The zero-order valence-electron chi connectivity index (χ0n) is 14.1. The topological polar surface area (TPSA) is 85.7 Å². The first-order valence-electron chi connectivity index (χ1n) is 8.17. The standard InChI is InChI=1S/C17H28N4OS/c1-3-4-5-6-7-8-11-22-16-10-9-14(18)12-15(16)13(2)20-21-17(19)23/h9-10,12H,3-8,11,18H2,1-2H3,(H3,19,21,23)/b20-13+. The van der Waals surface area contributed by atoms with Gasteiger partial charge >= 0.3 is 0 Å². The number of thiocarbonyl (C=S) groups is 1. The van der Waals surface area contributed by atoms with Gasteiger partial charge in [0.05, 0.1) is 12.3 Å². The number of nitrogens with zero attached hydrogens (tertiary/aromatic N) is 1. The van der Waals surface area contributed by atoms with Crippen molar-refractivity contribution in [3.8, 4) is 5.75 Å². The van der Waals surface area contributed by atoms with E-state index in [1.165, 1.54) is 32.1 Å². The molecule has 0 bridgehead atoms. The van der Waals surface area contributed by atoms with Crippen molar-refractivity contribution in [2.24, 2.45) is 10.8 Å². The number of ether oxygens (including phenoxy) is 1. The second-order valence-corrected chi connectivity index (χ2v) is 5.98. The molecule has 5 N–H and O–H groups in total. The van der Waals surface area contributed by atoms with Gasteiger partial charge in [-0.05, 0) is 43.8 Å². The molecule has 1 aromatic carbocycles. The zero-order chi connectivity index (χ0) is 17.1. The van der Waals surface area contributed by atoms with E-state index in [2.05, 4.69) is 17.5 Å². The van der Waals surface area contributed by atoms with E-state index in [0.29, 0.717) is 12.3 Å². The maximum absolute atomic E-state index is 5.90. The lowest BCUT2D eigenvalue weighted by Gasteiger charge is -2.12. The maximum Gasteiger partial charge on any atom is 0.184 e. The van der Waals surface area contributed by atoms with Crippen molar-refractivity contribution in [1.82, 2.24) is 5.43 Å². The zero-order valence-corrected chi connectivity index (χ0v) is 14.9. The highest BCUT2D eigenvalue weighted by Crippen LogP contribution is 2.22. The molecule has 6 heteroatoms. The Morgan fingerprint density at radius 1 is 1.22 bits per heavy atom. The van der Waals surface area contributed by atoms with Crippen LogP contribution in [0.4, 0.5) is 5.69 Å². The molecule has 0 heterocycles. The highest BCUT2D eigenvalue weighted by Gasteiger charge is 2.08. The lowest BCUT2D eigenvalue weighted by Crippen LogP contribution is -2.25. The summed E-state index contributed by atoms with van der Waals surface area (Å²) >= 11 is 4.76. The molecule has 1 rings (SSSR count). The van der Waals surface area contributed by atoms with Crippen LogP contribution >= 0.6 is 12.2 Å². The minimum atomic E-state index is 0.128. The van der Waals surface area contributed by atoms with Crippen LogP contribution in [0.1, 0.15) is 57.9 Å². The lowest BCUT2D eigenvalue weighted by atomic mass is 10.1. The fourth-order valence-corrected chi connectivity index (χ4v) is 2.27. The summed E-state index contributed by atoms with van der Waals surface area (Å²) < 4.78 is 5.90. The molecule has 0 spiro atoms. The average Bonchev–Trinajstić information content (AvgIpc) is 2.52. The quantitative estimate of drug-likeness (QED) is 0.200. The van der Waals surface area contributed by atoms with Crippen molar-refractivity contribution in [1.29, 1.82) is 0 Å². The van der Waals surface area contributed by atoms with Crippen LogP contribution < -0.4 is 21.6 Å². The third kappa shape index (κ3) is 7.83. The number of nitrogens with one attached hydrogen (secondary N) is 1. The van der Waals surface area contributed by atoms with Crippen molar-refractivity contribution >= 4 is 28.7 Å². The molecule has 0 aliphatic carbocycles. The van der Waals surface area contributed by atoms with Crippen molar-refractivity contribution < 1.29 is 4.74 Å². The molecule has 0 aromatic heterocycles. The Balaban J connectivity index is 2.57. The largest absolute Gasteiger partial charge is 0.493 e. The normalized spacial score (nSPS) is 11.3. The van der Waals surface area contributed by atoms with Crippen molar-refractivity contribution in [3.63, 3.8) is 0 Å². The highest BCUT2D eigenvalue weighted by molar-refractivity contribution is 7.80. The number of unbranched alkanes of at least 4 members (excludes halogenated alkanes) is 5. The first-order valence-corrected chi connectivity index (χ1v) is 8.57. The first kappa shape index (κ1) is 19.2. The van der Waals surface area contributed by atoms with Crippen LogP contribution in [0.3, 0.4) is 0 Å². The molecule has 0 unspecified atom stereocenters. The van der Waals surface area contributed by atoms with Crippen molar-refractivity contribution in [2.45, 2.75) is 52.4 Å². The number of benzene rings is 1. The van der Waals surface area contributed by atoms with E-state index in [-0.39, 0.29) is 5.11 Å². The molecule has 0 aliphatic heterocycles. The van der Waals surface area contributed by atoms with Gasteiger partial charge in [0, 0.05) is 11.3 Å². The smallest absolute Gasteiger partial charge is 0.184 e. The number of hydrogen-bond acceptors (Lipinski definition) is 4. The first-order chi connectivity index (χ1) is 11.0. The molecule has 5 nitrogen and oxygen atoms in total. The number of rotatable bonds is 10. The molecule has 0 atom stereocenters. The minimum absolute atomic E-state index is 0.128. The third-order valence-electron chi connectivity index (χ3n) is 3.48. The Kier molecular flexibility index (Phi) is 9.05. The van der Waals surface area contributed by atoms with Gasteiger partial charge in [0.25, 0.3) is 0 Å². The van der Waals surface area contributed by atoms with E-state index in [9.17, 15) is 0 Å². The van der Waals surface area contributed by atoms with Gasteiger partial charge in [-0.15, -0.1) is 0 Å². The Labute approximate surface area is 144 Å². The Morgan fingerprint density at radius 3 is 2.61 bits per heavy atom. The molecule has 23 heavy (non-hydrogen) atoms. The number of hydrazone groups is 1. The monoisotopic (exact) mass is 336 g/mol. The van der Waals surface area contributed by atoms with Crippen LogP contribution in [0.2, 0.25) is 0 Å². The number of anilines is 1. The summed E-state index contributed by atoms with van der Waals surface area (Å²) in [5.41, 5.74) is 16.1. The second-order valence-electron chi connectivity index (χ2n) is 5.55. The van der Waals surface area contributed by atoms with Gasteiger partial charge in [0.1, 0.15) is 5.75 Å². The molecule has 0 aliphatic rings. The van der Waals surface area contributed by atoms with E-state index in [1.54, 1.807) is 0 Å². The van der Waals surface area contributed by atoms with Crippen molar-refractivity contribution in [2.75, 3.05) is 12.3 Å². The number of hydrogen-bond donors (Lipinski definition) is 3. The van der Waals surface area contributed by atoms with E-state index in [4.69, 9.17) is 28.4 Å². The van der Waals surface area contributed by atoms with Gasteiger partial charge in [0.2, 0.25) is 0 Å². The van der Waals surface area contributed by atoms with E-state index in [1.807, 2.05) is 25.1 Å². The average molecular weight is 337 g/mol. The van der Waals surface area contributed by atoms with Crippen LogP contribution in [0.15, 0.2) is 23.3 Å². The minimum Gasteiger partial charge on any atom is -0.493 e. The summed E-state index contributed by atoms with van der Waals surface area (Å²) in [4.78, 5) is 0. The molecule has 0 saturated heterocycles. The summed E-state index contributed by atoms with van der Waals surface area (Å²) in [6.45, 7) is 4.78. The predicted molar refractivity (Wildman–Crippen MR) is 102 cm³/mol. The van der Waals surface area contributed by atoms with Crippen LogP contribution in [-0.4, -0.2) is 17.4 Å². The summed E-state index contributed by atoms with van der Waals surface area (Å²) in [5, 5.41) is 4.27. The summed E-state index contributed by atoms with van der Waals surface area (Å²) in [7, 11) is 0. The SMILES string of the molecule is CCCCCCCCOc1ccc(N)cc1/C(C)=N/NC(N)=S. The van der Waals surface area contributed by atoms with Crippen molar-refractivity contribution in [3.05, 3.63) is 23.8 Å². The summed E-state index contributed by atoms with van der Waals surface area (Å²) in [6, 6.07) is 5.55. The second kappa shape index (κ2) is 10.8. The van der Waals surface area contributed by atoms with Crippen LogP contribution in [0, 0.1) is 0 Å². The van der Waals surface area contributed by atoms with Crippen LogP contribution in [-0.2, 0) is 0 Å². The summed E-state index contributed by atoms with van der Waals surface area (Å²) in [5.74, 6) is 0.777. The molecule has 128 valence electrons. The van der Waals surface area contributed by atoms with Gasteiger partial charge in [-0.25, -0.2) is 0 Å². The fourth-order valence-electron chi connectivity index (χ4n) is 2.22. The molecule has 0 fully saturated rings. The molecule has 0 amide bonds. The Hall–Kier alpha value is -1.82. The van der Waals surface area contributed by atoms with Gasteiger partial charge in [-0.3, -0.25) is 5.43 Å². The predicted octanol–water partition coefficient (Wildman–Crippen LogP) is 3.57. The van der Waals surface area contributed by atoms with E-state index in [0.717, 1.165) is 23.4 Å². The maximum atomic E-state index is 5.90. The third-order valence-corrected chi connectivity index (χ3v) is 3.57. The molecule has 1 aromatic rings. The highest BCUT2D eigenvalue weighted by atomic mass is 32.1. The van der Waals surface area contributed by atoms with Gasteiger partial charge < -0.3 is 16.2 Å². The molecular formula is C17H28N4OS. The number of nitrogen functional groups attached to an aromatic ring is 1. The van der Waals surface area contributed by atoms with Gasteiger partial charge in [0.15, 0.2) is 5.11 Å². The number of nitrogens with two attached hydrogens (primary N) is 2. The Bertz CT molecular complexity index is 531. The van der Waals surface area contributed by atoms with Crippen LogP contribution in [0.25, 0.3) is 0 Å².